The maximum atomic E-state index is 13.2. The van der Waals surface area contributed by atoms with Gasteiger partial charge in [-0.25, -0.2) is 15.8 Å². The first-order valence-corrected chi connectivity index (χ1v) is 13.8. The van der Waals surface area contributed by atoms with Crippen LogP contribution in [0.25, 0.3) is 0 Å². The number of hydrogen-bond acceptors (Lipinski definition) is 8. The van der Waals surface area contributed by atoms with Crippen LogP contribution in [-0.4, -0.2) is 73.5 Å². The van der Waals surface area contributed by atoms with Gasteiger partial charge in [0.2, 0.25) is 0 Å². The molecule has 1 fully saturated rings. The van der Waals surface area contributed by atoms with E-state index in [0.717, 1.165) is 34.0 Å². The Bertz CT molecular complexity index is 1350. The third-order valence-electron chi connectivity index (χ3n) is 5.86. The van der Waals surface area contributed by atoms with Gasteiger partial charge in [-0.15, -0.1) is 0 Å². The van der Waals surface area contributed by atoms with Crippen molar-refractivity contribution in [2.45, 2.75) is 6.04 Å². The number of aromatic nitrogens is 2. The van der Waals surface area contributed by atoms with Crippen LogP contribution < -0.4 is 20.7 Å². The Morgan fingerprint density at radius 2 is 1.37 bits per heavy atom. The molecule has 0 unspecified atom stereocenters. The lowest BCUT2D eigenvalue weighted by Crippen LogP contribution is -2.31. The van der Waals surface area contributed by atoms with Crippen LogP contribution in [-0.2, 0) is 0 Å². The highest BCUT2D eigenvalue weighted by Crippen LogP contribution is 2.34. The van der Waals surface area contributed by atoms with Gasteiger partial charge < -0.3 is 14.4 Å². The van der Waals surface area contributed by atoms with E-state index in [9.17, 15) is 9.59 Å². The maximum absolute atomic E-state index is 13.2. The van der Waals surface area contributed by atoms with E-state index in [-0.39, 0.29) is 17.4 Å². The molecular weight excluding hydrogens is 568 g/mol. The van der Waals surface area contributed by atoms with E-state index in [1.54, 1.807) is 22.5 Å². The van der Waals surface area contributed by atoms with Crippen molar-refractivity contribution in [3.63, 3.8) is 0 Å². The summed E-state index contributed by atoms with van der Waals surface area (Å²) in [5.41, 5.74) is 8.89. The highest BCUT2D eigenvalue weighted by molar-refractivity contribution is 9.10. The van der Waals surface area contributed by atoms with E-state index >= 15 is 0 Å². The summed E-state index contributed by atoms with van der Waals surface area (Å²) in [6, 6.07) is 15.5. The van der Waals surface area contributed by atoms with Gasteiger partial charge in [0.15, 0.2) is 10.4 Å². The number of nitrogens with one attached hydrogen (secondary N) is 2. The zero-order valence-electron chi connectivity index (χ0n) is 21.6. The Labute approximate surface area is 234 Å². The van der Waals surface area contributed by atoms with Gasteiger partial charge in [-0.05, 0) is 51.3 Å². The molecule has 0 bridgehead atoms. The molecule has 10 nitrogen and oxygen atoms in total. The summed E-state index contributed by atoms with van der Waals surface area (Å²) in [4.78, 5) is 34.6. The fourth-order valence-corrected chi connectivity index (χ4v) is 5.03. The van der Waals surface area contributed by atoms with Crippen LogP contribution in [0.4, 0.5) is 11.4 Å². The summed E-state index contributed by atoms with van der Waals surface area (Å²) in [7, 11) is 7.86. The second kappa shape index (κ2) is 12.3. The first-order valence-electron chi connectivity index (χ1n) is 11.8. The Hall–Kier alpha value is -3.64. The van der Waals surface area contributed by atoms with E-state index in [0.29, 0.717) is 4.73 Å². The molecule has 4 rings (SSSR count). The topological polar surface area (TPSA) is 107 Å². The van der Waals surface area contributed by atoms with Gasteiger partial charge in [-0.2, -0.15) is 22.0 Å². The van der Waals surface area contributed by atoms with Crippen molar-refractivity contribution in [3.05, 3.63) is 75.8 Å². The second-order valence-corrected chi connectivity index (χ2v) is 10.8. The highest BCUT2D eigenvalue weighted by atomic mass is 79.9. The molecule has 38 heavy (non-hydrogen) atoms. The van der Waals surface area contributed by atoms with Crippen molar-refractivity contribution in [1.82, 2.24) is 20.4 Å². The number of amides is 2. The zero-order chi connectivity index (χ0) is 27.2. The number of nitrogens with zero attached hydrogens (tertiary/aromatic N) is 6. The molecule has 0 saturated carbocycles. The number of rotatable bonds is 9. The van der Waals surface area contributed by atoms with E-state index in [1.807, 2.05) is 86.5 Å². The van der Waals surface area contributed by atoms with Crippen LogP contribution in [0.3, 0.4) is 0 Å². The minimum atomic E-state index is -0.592. The first kappa shape index (κ1) is 27.4. The number of anilines is 2. The van der Waals surface area contributed by atoms with Crippen molar-refractivity contribution < 1.29 is 9.59 Å². The predicted octanol–water partition coefficient (Wildman–Crippen LogP) is 3.59. The lowest BCUT2D eigenvalue weighted by atomic mass is 10.2. The minimum Gasteiger partial charge on any atom is -0.378 e. The van der Waals surface area contributed by atoms with E-state index in [2.05, 4.69) is 42.0 Å². The normalized spacial score (nSPS) is 13.5. The fourth-order valence-electron chi connectivity index (χ4n) is 3.64. The van der Waals surface area contributed by atoms with Crippen LogP contribution in [0.15, 0.2) is 63.5 Å². The van der Waals surface area contributed by atoms with Gasteiger partial charge in [-0.1, -0.05) is 24.3 Å². The Kier molecular flexibility index (Phi) is 8.85. The number of halogens is 1. The van der Waals surface area contributed by atoms with Crippen LogP contribution in [0.5, 0.6) is 0 Å². The number of thioether (sulfide) groups is 1. The number of imidazole rings is 1. The highest BCUT2D eigenvalue weighted by Gasteiger charge is 2.33. The van der Waals surface area contributed by atoms with Crippen LogP contribution in [0, 0.1) is 0 Å². The largest absolute Gasteiger partial charge is 0.378 e. The Morgan fingerprint density at radius 3 is 1.79 bits per heavy atom. The Balaban J connectivity index is 1.50. The van der Waals surface area contributed by atoms with Gasteiger partial charge in [0.05, 0.1) is 18.5 Å². The first-order chi connectivity index (χ1) is 18.2. The lowest BCUT2D eigenvalue weighted by Gasteiger charge is -2.28. The van der Waals surface area contributed by atoms with Gasteiger partial charge in [0, 0.05) is 51.1 Å². The average molecular weight is 598 g/mol. The number of carbonyl (C=O) groups is 2. The molecular formula is C26H29BrN8O2S. The van der Waals surface area contributed by atoms with Crippen molar-refractivity contribution >= 4 is 63.3 Å². The molecule has 2 heterocycles. The van der Waals surface area contributed by atoms with Gasteiger partial charge in [0.1, 0.15) is 5.69 Å². The van der Waals surface area contributed by atoms with Crippen molar-refractivity contribution in [3.8, 4) is 0 Å². The number of carbonyl (C=O) groups excluding carboxylic acids is 2. The summed E-state index contributed by atoms with van der Waals surface area (Å²) < 4.78 is 2.15. The number of hydrazone groups is 2. The molecule has 12 heteroatoms. The molecule has 2 amide bonds. The summed E-state index contributed by atoms with van der Waals surface area (Å²) in [6.45, 7) is 0. The molecule has 198 valence electrons. The third kappa shape index (κ3) is 6.43. The SMILES string of the molecule is CN(C)c1ccc(/C=N/NC(=O)c2nc(Br)n(C3CSC3)c2C(=O)N/N=C/c2ccc(N(C)C)cc2)cc1. The third-order valence-corrected chi connectivity index (χ3v) is 7.66. The molecule has 2 aromatic carbocycles. The van der Waals surface area contributed by atoms with Crippen molar-refractivity contribution in [1.29, 1.82) is 0 Å². The average Bonchev–Trinajstić information content (AvgIpc) is 3.20. The van der Waals surface area contributed by atoms with Gasteiger partial charge in [-0.3, -0.25) is 9.59 Å². The summed E-state index contributed by atoms with van der Waals surface area (Å²) >= 11 is 5.18. The Morgan fingerprint density at radius 1 is 0.895 bits per heavy atom. The predicted molar refractivity (Wildman–Crippen MR) is 158 cm³/mol. The lowest BCUT2D eigenvalue weighted by molar-refractivity contribution is 0.0911. The second-order valence-electron chi connectivity index (χ2n) is 9.01. The molecule has 0 spiro atoms. The molecule has 2 N–H and O–H groups in total. The van der Waals surface area contributed by atoms with Gasteiger partial charge >= 0.3 is 0 Å². The zero-order valence-corrected chi connectivity index (χ0v) is 24.0. The quantitative estimate of drug-likeness (QED) is 0.289. The summed E-state index contributed by atoms with van der Waals surface area (Å²) in [6.07, 6.45) is 3.09. The van der Waals surface area contributed by atoms with Crippen LogP contribution >= 0.6 is 27.7 Å². The van der Waals surface area contributed by atoms with Crippen LogP contribution in [0.2, 0.25) is 0 Å². The maximum Gasteiger partial charge on any atom is 0.292 e. The molecule has 1 aliphatic heterocycles. The van der Waals surface area contributed by atoms with Gasteiger partial charge in [0.25, 0.3) is 11.8 Å². The molecule has 0 atom stereocenters. The molecule has 0 radical (unpaired) electrons. The standard InChI is InChI=1S/C26H29BrN8O2S/c1-33(2)19-9-5-17(6-10-19)13-28-31-24(36)22-23(35(26(27)30-22)21-15-38-16-21)25(37)32-29-14-18-7-11-20(12-8-18)34(3)4/h5-14,21H,15-16H2,1-4H3,(H,31,36)(H,32,37)/b28-13+,29-14+. The van der Waals surface area contributed by atoms with Crippen molar-refractivity contribution in [2.75, 3.05) is 49.5 Å². The number of hydrogen-bond donors (Lipinski definition) is 2. The van der Waals surface area contributed by atoms with E-state index in [4.69, 9.17) is 0 Å². The minimum absolute atomic E-state index is 0.0306. The van der Waals surface area contributed by atoms with E-state index < -0.39 is 11.8 Å². The molecule has 3 aromatic rings. The monoisotopic (exact) mass is 596 g/mol. The number of benzene rings is 2. The van der Waals surface area contributed by atoms with Crippen LogP contribution in [0.1, 0.15) is 38.1 Å². The molecule has 1 saturated heterocycles. The van der Waals surface area contributed by atoms with Crippen molar-refractivity contribution in [2.24, 2.45) is 10.2 Å². The smallest absolute Gasteiger partial charge is 0.292 e. The molecule has 0 aliphatic carbocycles. The molecule has 1 aromatic heterocycles. The molecule has 1 aliphatic rings. The fraction of sp³-hybridized carbons (Fsp3) is 0.269. The summed E-state index contributed by atoms with van der Waals surface area (Å²) in [5, 5.41) is 8.16. The summed E-state index contributed by atoms with van der Waals surface area (Å²) in [5.74, 6) is 0.512. The van der Waals surface area contributed by atoms with E-state index in [1.165, 1.54) is 6.21 Å².